The zero-order valence-electron chi connectivity index (χ0n) is 10.9. The van der Waals surface area contributed by atoms with Crippen molar-refractivity contribution in [2.24, 2.45) is 5.73 Å². The SMILES string of the molecule is Cc1cccc(NC(C(N)=O)c2c(Cl)cccc2Cl)c1. The Labute approximate surface area is 127 Å². The number of aryl methyl sites for hydroxylation is 1. The summed E-state index contributed by atoms with van der Waals surface area (Å²) in [5.74, 6) is -0.540. The number of nitrogens with two attached hydrogens (primary N) is 1. The van der Waals surface area contributed by atoms with E-state index >= 15 is 0 Å². The van der Waals surface area contributed by atoms with E-state index in [2.05, 4.69) is 5.32 Å². The fourth-order valence-corrected chi connectivity index (χ4v) is 2.59. The zero-order valence-corrected chi connectivity index (χ0v) is 12.4. The zero-order chi connectivity index (χ0) is 14.7. The molecule has 2 aromatic carbocycles. The third kappa shape index (κ3) is 3.24. The van der Waals surface area contributed by atoms with E-state index in [1.54, 1.807) is 18.2 Å². The Kier molecular flexibility index (Phi) is 4.53. The first kappa shape index (κ1) is 14.7. The van der Waals surface area contributed by atoms with E-state index in [0.29, 0.717) is 15.6 Å². The number of anilines is 1. The molecule has 1 atom stereocenters. The van der Waals surface area contributed by atoms with Gasteiger partial charge in [-0.05, 0) is 36.8 Å². The molecule has 0 radical (unpaired) electrons. The predicted molar refractivity (Wildman–Crippen MR) is 83.2 cm³/mol. The summed E-state index contributed by atoms with van der Waals surface area (Å²) in [4.78, 5) is 11.7. The molecule has 0 bridgehead atoms. The molecule has 0 fully saturated rings. The van der Waals surface area contributed by atoms with Crippen molar-refractivity contribution in [2.75, 3.05) is 5.32 Å². The number of carbonyl (C=O) groups excluding carboxylic acids is 1. The van der Waals surface area contributed by atoms with Crippen LogP contribution in [0.3, 0.4) is 0 Å². The Balaban J connectivity index is 2.40. The molecule has 104 valence electrons. The van der Waals surface area contributed by atoms with Gasteiger partial charge in [0, 0.05) is 21.3 Å². The number of carbonyl (C=O) groups is 1. The molecule has 0 spiro atoms. The quantitative estimate of drug-likeness (QED) is 0.899. The van der Waals surface area contributed by atoms with Gasteiger partial charge in [-0.1, -0.05) is 41.4 Å². The van der Waals surface area contributed by atoms with E-state index in [4.69, 9.17) is 28.9 Å². The Hall–Kier alpha value is -1.71. The number of hydrogen-bond acceptors (Lipinski definition) is 2. The molecule has 0 saturated heterocycles. The highest BCUT2D eigenvalue weighted by Gasteiger charge is 2.23. The number of nitrogens with one attached hydrogen (secondary N) is 1. The lowest BCUT2D eigenvalue weighted by Crippen LogP contribution is -2.28. The van der Waals surface area contributed by atoms with Crippen LogP contribution in [-0.2, 0) is 4.79 Å². The van der Waals surface area contributed by atoms with Gasteiger partial charge in [0.15, 0.2) is 0 Å². The van der Waals surface area contributed by atoms with Crippen molar-refractivity contribution in [2.45, 2.75) is 13.0 Å². The lowest BCUT2D eigenvalue weighted by molar-refractivity contribution is -0.118. The van der Waals surface area contributed by atoms with Crippen molar-refractivity contribution in [3.63, 3.8) is 0 Å². The van der Waals surface area contributed by atoms with Crippen LogP contribution in [-0.4, -0.2) is 5.91 Å². The van der Waals surface area contributed by atoms with Gasteiger partial charge in [0.1, 0.15) is 6.04 Å². The van der Waals surface area contributed by atoms with E-state index in [0.717, 1.165) is 11.3 Å². The van der Waals surface area contributed by atoms with Crippen molar-refractivity contribution in [3.05, 3.63) is 63.6 Å². The Morgan fingerprint density at radius 2 is 1.75 bits per heavy atom. The van der Waals surface area contributed by atoms with Gasteiger partial charge in [0.2, 0.25) is 5.91 Å². The van der Waals surface area contributed by atoms with Crippen LogP contribution in [0.25, 0.3) is 0 Å². The van der Waals surface area contributed by atoms with Crippen LogP contribution in [0.2, 0.25) is 10.0 Å². The highest BCUT2D eigenvalue weighted by Crippen LogP contribution is 2.32. The average molecular weight is 309 g/mol. The number of halogens is 2. The number of amides is 1. The molecule has 0 saturated carbocycles. The van der Waals surface area contributed by atoms with Crippen LogP contribution in [0.15, 0.2) is 42.5 Å². The van der Waals surface area contributed by atoms with Gasteiger partial charge in [-0.3, -0.25) is 4.79 Å². The van der Waals surface area contributed by atoms with Gasteiger partial charge in [-0.2, -0.15) is 0 Å². The van der Waals surface area contributed by atoms with Crippen LogP contribution in [0, 0.1) is 6.92 Å². The lowest BCUT2D eigenvalue weighted by Gasteiger charge is -2.19. The van der Waals surface area contributed by atoms with Gasteiger partial charge in [-0.25, -0.2) is 0 Å². The van der Waals surface area contributed by atoms with E-state index in [1.165, 1.54) is 0 Å². The maximum Gasteiger partial charge on any atom is 0.244 e. The maximum atomic E-state index is 11.7. The molecular weight excluding hydrogens is 295 g/mol. The summed E-state index contributed by atoms with van der Waals surface area (Å²) in [7, 11) is 0. The second-order valence-electron chi connectivity index (χ2n) is 4.48. The number of benzene rings is 2. The van der Waals surface area contributed by atoms with E-state index in [9.17, 15) is 4.79 Å². The van der Waals surface area contributed by atoms with E-state index in [1.807, 2.05) is 31.2 Å². The average Bonchev–Trinajstić information content (AvgIpc) is 2.37. The lowest BCUT2D eigenvalue weighted by atomic mass is 10.1. The standard InChI is InChI=1S/C15H14Cl2N2O/c1-9-4-2-5-10(8-9)19-14(15(18)20)13-11(16)6-3-7-12(13)17/h2-8,14,19H,1H3,(H2,18,20). The van der Waals surface area contributed by atoms with Gasteiger partial charge in [0.05, 0.1) is 0 Å². The Morgan fingerprint density at radius 1 is 1.15 bits per heavy atom. The van der Waals surface area contributed by atoms with Crippen LogP contribution in [0.4, 0.5) is 5.69 Å². The molecular formula is C15H14Cl2N2O. The van der Waals surface area contributed by atoms with Crippen molar-refractivity contribution >= 4 is 34.8 Å². The minimum Gasteiger partial charge on any atom is -0.370 e. The Bertz CT molecular complexity index is 623. The first-order valence-electron chi connectivity index (χ1n) is 6.05. The molecule has 3 nitrogen and oxygen atoms in total. The molecule has 2 rings (SSSR count). The molecule has 2 aromatic rings. The number of hydrogen-bond donors (Lipinski definition) is 2. The highest BCUT2D eigenvalue weighted by molar-refractivity contribution is 6.36. The first-order chi connectivity index (χ1) is 9.49. The fraction of sp³-hybridized carbons (Fsp3) is 0.133. The summed E-state index contributed by atoms with van der Waals surface area (Å²) >= 11 is 12.3. The summed E-state index contributed by atoms with van der Waals surface area (Å²) in [6.45, 7) is 1.97. The molecule has 3 N–H and O–H groups in total. The molecule has 1 unspecified atom stereocenters. The normalized spacial score (nSPS) is 11.9. The van der Waals surface area contributed by atoms with Gasteiger partial charge in [0.25, 0.3) is 0 Å². The van der Waals surface area contributed by atoms with Crippen molar-refractivity contribution in [1.82, 2.24) is 0 Å². The second kappa shape index (κ2) is 6.16. The predicted octanol–water partition coefficient (Wildman–Crippen LogP) is 3.94. The van der Waals surface area contributed by atoms with Crippen LogP contribution in [0.1, 0.15) is 17.2 Å². The van der Waals surface area contributed by atoms with Crippen LogP contribution in [0.5, 0.6) is 0 Å². The second-order valence-corrected chi connectivity index (χ2v) is 5.30. The number of rotatable bonds is 4. The third-order valence-electron chi connectivity index (χ3n) is 2.90. The van der Waals surface area contributed by atoms with E-state index in [-0.39, 0.29) is 0 Å². The minimum absolute atomic E-state index is 0.404. The molecule has 1 amide bonds. The first-order valence-corrected chi connectivity index (χ1v) is 6.81. The summed E-state index contributed by atoms with van der Waals surface area (Å²) in [5, 5.41) is 3.88. The summed E-state index contributed by atoms with van der Waals surface area (Å²) in [5.41, 5.74) is 7.82. The largest absolute Gasteiger partial charge is 0.370 e. The minimum atomic E-state index is -0.780. The van der Waals surface area contributed by atoms with E-state index < -0.39 is 11.9 Å². The number of primary amides is 1. The third-order valence-corrected chi connectivity index (χ3v) is 3.56. The fourth-order valence-electron chi connectivity index (χ4n) is 1.97. The summed E-state index contributed by atoms with van der Waals surface area (Å²) < 4.78 is 0. The highest BCUT2D eigenvalue weighted by atomic mass is 35.5. The molecule has 20 heavy (non-hydrogen) atoms. The topological polar surface area (TPSA) is 55.1 Å². The van der Waals surface area contributed by atoms with Crippen molar-refractivity contribution < 1.29 is 4.79 Å². The summed E-state index contributed by atoms with van der Waals surface area (Å²) in [6, 6.07) is 11.9. The van der Waals surface area contributed by atoms with Gasteiger partial charge >= 0.3 is 0 Å². The van der Waals surface area contributed by atoms with Crippen LogP contribution < -0.4 is 11.1 Å². The molecule has 0 aromatic heterocycles. The molecule has 0 aliphatic carbocycles. The molecule has 0 aliphatic rings. The maximum absolute atomic E-state index is 11.7. The van der Waals surface area contributed by atoms with Gasteiger partial charge < -0.3 is 11.1 Å². The monoisotopic (exact) mass is 308 g/mol. The molecule has 0 heterocycles. The van der Waals surface area contributed by atoms with Gasteiger partial charge in [-0.15, -0.1) is 0 Å². The Morgan fingerprint density at radius 3 is 2.30 bits per heavy atom. The van der Waals surface area contributed by atoms with Crippen LogP contribution >= 0.6 is 23.2 Å². The summed E-state index contributed by atoms with van der Waals surface area (Å²) in [6.07, 6.45) is 0. The molecule has 5 heteroatoms. The molecule has 0 aliphatic heterocycles. The smallest absolute Gasteiger partial charge is 0.244 e. The van der Waals surface area contributed by atoms with Crippen molar-refractivity contribution in [3.8, 4) is 0 Å². The van der Waals surface area contributed by atoms with Crippen molar-refractivity contribution in [1.29, 1.82) is 0 Å².